The van der Waals surface area contributed by atoms with E-state index in [4.69, 9.17) is 11.6 Å². The lowest BCUT2D eigenvalue weighted by molar-refractivity contribution is -0.152. The minimum atomic E-state index is -0.761. The van der Waals surface area contributed by atoms with Gasteiger partial charge >= 0.3 is 4.87 Å². The molecule has 5 aliphatic rings. The van der Waals surface area contributed by atoms with Gasteiger partial charge in [-0.2, -0.15) is 0 Å². The van der Waals surface area contributed by atoms with Gasteiger partial charge in [0, 0.05) is 34.2 Å². The summed E-state index contributed by atoms with van der Waals surface area (Å²) in [5.74, 6) is -1.02. The van der Waals surface area contributed by atoms with Gasteiger partial charge in [-0.3, -0.25) is 24.1 Å². The van der Waals surface area contributed by atoms with Gasteiger partial charge in [0.25, 0.3) is 0 Å². The summed E-state index contributed by atoms with van der Waals surface area (Å²) < 4.78 is 0. The molecule has 3 amide bonds. The molecule has 1 aromatic carbocycles. The van der Waals surface area contributed by atoms with Crippen molar-refractivity contribution < 1.29 is 14.4 Å². The van der Waals surface area contributed by atoms with Crippen molar-refractivity contribution in [2.75, 3.05) is 13.1 Å². The van der Waals surface area contributed by atoms with E-state index in [0.717, 1.165) is 41.1 Å². The molecule has 0 spiro atoms. The summed E-state index contributed by atoms with van der Waals surface area (Å²) in [6.45, 7) is 3.11. The van der Waals surface area contributed by atoms with E-state index in [-0.39, 0.29) is 63.4 Å². The molecule has 3 aliphatic heterocycles. The number of likely N-dealkylation sites (tertiary alicyclic amines) is 2. The Morgan fingerprint density at radius 2 is 1.70 bits per heavy atom. The highest BCUT2D eigenvalue weighted by Crippen LogP contribution is 2.68. The van der Waals surface area contributed by atoms with Crippen molar-refractivity contribution in [2.45, 2.75) is 54.8 Å². The number of thioether (sulfide) groups is 1. The molecule has 1 N–H and O–H groups in total. The maximum absolute atomic E-state index is 13.9. The number of halogens is 1. The molecular weight excluding hydrogens is 530 g/mol. The van der Waals surface area contributed by atoms with E-state index in [9.17, 15) is 19.2 Å². The highest BCUT2D eigenvalue weighted by molar-refractivity contribution is 8.00. The number of hydrogen-bond donors (Lipinski definition) is 1. The van der Waals surface area contributed by atoms with E-state index >= 15 is 0 Å². The number of nitrogens with zero attached hydrogens (tertiary/aromatic N) is 2. The molecule has 4 fully saturated rings. The number of aromatic amines is 1. The number of nitrogens with one attached hydrogen (secondary N) is 1. The molecule has 8 unspecified atom stereocenters. The van der Waals surface area contributed by atoms with Crippen molar-refractivity contribution >= 4 is 52.4 Å². The second-order valence-corrected chi connectivity index (χ2v) is 13.8. The summed E-state index contributed by atoms with van der Waals surface area (Å²) >= 11 is 9.11. The van der Waals surface area contributed by atoms with Crippen molar-refractivity contribution in [3.63, 3.8) is 0 Å². The molecule has 2 aromatic rings. The third-order valence-corrected chi connectivity index (χ3v) is 12.2. The van der Waals surface area contributed by atoms with Crippen LogP contribution in [0.3, 0.4) is 0 Å². The van der Waals surface area contributed by atoms with Crippen LogP contribution in [-0.4, -0.2) is 56.9 Å². The number of benzene rings is 1. The predicted molar refractivity (Wildman–Crippen MR) is 142 cm³/mol. The van der Waals surface area contributed by atoms with E-state index in [0.29, 0.717) is 18.1 Å². The van der Waals surface area contributed by atoms with E-state index < -0.39 is 6.04 Å². The number of rotatable bonds is 3. The topological polar surface area (TPSA) is 90.6 Å². The lowest BCUT2D eigenvalue weighted by atomic mass is 9.68. The van der Waals surface area contributed by atoms with Crippen LogP contribution in [0.15, 0.2) is 34.1 Å². The number of imide groups is 1. The molecule has 2 bridgehead atoms. The van der Waals surface area contributed by atoms with E-state index in [1.165, 1.54) is 16.2 Å². The molecule has 37 heavy (non-hydrogen) atoms. The van der Waals surface area contributed by atoms with Crippen molar-refractivity contribution in [1.29, 1.82) is 0 Å². The Balaban J connectivity index is 1.24. The molecule has 10 heteroatoms. The fourth-order valence-corrected chi connectivity index (χ4v) is 11.0. The zero-order chi connectivity index (χ0) is 25.6. The molecule has 2 aliphatic carbocycles. The van der Waals surface area contributed by atoms with Gasteiger partial charge in [0.15, 0.2) is 0 Å². The first-order valence-electron chi connectivity index (χ1n) is 13.2. The van der Waals surface area contributed by atoms with Gasteiger partial charge in [0.1, 0.15) is 6.04 Å². The van der Waals surface area contributed by atoms with Crippen LogP contribution in [0.5, 0.6) is 0 Å². The fourth-order valence-electron chi connectivity index (χ4n) is 7.95. The number of piperidine rings is 1. The van der Waals surface area contributed by atoms with Crippen LogP contribution >= 0.6 is 34.7 Å². The van der Waals surface area contributed by atoms with Gasteiger partial charge in [-0.05, 0) is 68.1 Å². The van der Waals surface area contributed by atoms with E-state index in [1.54, 1.807) is 18.7 Å². The molecule has 194 valence electrons. The second kappa shape index (κ2) is 8.71. The minimum Gasteiger partial charge on any atom is -0.341 e. The number of H-pyrrole nitrogens is 1. The van der Waals surface area contributed by atoms with Gasteiger partial charge in [-0.1, -0.05) is 35.1 Å². The monoisotopic (exact) mass is 557 g/mol. The standard InChI is InChI=1S/C27H28ClN3O4S2/c1-12(24(32)30-9-3-2-4-10-30)31-25(33)19-15-11-16(20(19)26(31)34)21-18(15)17(13-5-7-14(28)8-6-13)22-23(36-21)29-27(35)37-22/h5-8,12,15-21H,2-4,9-11H2,1H3,(H,29,35). The fraction of sp³-hybridized carbons (Fsp3) is 0.556. The number of aromatic nitrogens is 1. The summed E-state index contributed by atoms with van der Waals surface area (Å²) in [6.07, 6.45) is 3.88. The third-order valence-electron chi connectivity index (χ3n) is 9.40. The van der Waals surface area contributed by atoms with Crippen LogP contribution in [0.1, 0.15) is 49.0 Å². The highest BCUT2D eigenvalue weighted by Gasteiger charge is 2.70. The Morgan fingerprint density at radius 1 is 1.03 bits per heavy atom. The van der Waals surface area contributed by atoms with E-state index in [2.05, 4.69) is 4.98 Å². The Hall–Kier alpha value is -2.10. The predicted octanol–water partition coefficient (Wildman–Crippen LogP) is 3.96. The number of thiazole rings is 1. The second-order valence-electron chi connectivity index (χ2n) is 11.1. The molecule has 7 rings (SSSR count). The number of carbonyl (C=O) groups excluding carboxylic acids is 3. The first-order chi connectivity index (χ1) is 17.8. The average molecular weight is 558 g/mol. The normalized spacial score (nSPS) is 34.9. The van der Waals surface area contributed by atoms with Crippen LogP contribution in [0, 0.1) is 29.6 Å². The molecule has 0 radical (unpaired) electrons. The van der Waals surface area contributed by atoms with Crippen LogP contribution in [0.4, 0.5) is 0 Å². The lowest BCUT2D eigenvalue weighted by Gasteiger charge is -2.43. The first kappa shape index (κ1) is 24.0. The third kappa shape index (κ3) is 3.46. The van der Waals surface area contributed by atoms with Gasteiger partial charge in [0.2, 0.25) is 17.7 Å². The zero-order valence-electron chi connectivity index (χ0n) is 20.4. The van der Waals surface area contributed by atoms with Crippen molar-refractivity contribution in [3.8, 4) is 0 Å². The molecular formula is C27H28ClN3O4S2. The summed E-state index contributed by atoms with van der Waals surface area (Å²) in [5, 5.41) is 1.68. The Bertz CT molecular complexity index is 1350. The summed E-state index contributed by atoms with van der Waals surface area (Å²) in [4.78, 5) is 60.4. The number of amides is 3. The Labute approximate surface area is 227 Å². The zero-order valence-corrected chi connectivity index (χ0v) is 22.8. The lowest BCUT2D eigenvalue weighted by Crippen LogP contribution is -2.51. The van der Waals surface area contributed by atoms with Gasteiger partial charge in [-0.25, -0.2) is 0 Å². The summed E-state index contributed by atoms with van der Waals surface area (Å²) in [7, 11) is 0. The Kier molecular flexibility index (Phi) is 5.65. The molecule has 1 aromatic heterocycles. The average Bonchev–Trinajstić information content (AvgIpc) is 3.63. The maximum Gasteiger partial charge on any atom is 0.305 e. The number of fused-ring (bicyclic) bond motifs is 9. The SMILES string of the molecule is CC(C(=O)N1CCCCC1)N1C(=O)C2C3CC(C2C1=O)C1C(c2ccc(Cl)cc2)c2sc(=O)[nH]c2SC31. The van der Waals surface area contributed by atoms with Gasteiger partial charge in [-0.15, -0.1) is 11.8 Å². The van der Waals surface area contributed by atoms with Crippen molar-refractivity contribution in [3.05, 3.63) is 49.4 Å². The van der Waals surface area contributed by atoms with Crippen molar-refractivity contribution in [1.82, 2.24) is 14.8 Å². The molecule has 4 heterocycles. The quantitative estimate of drug-likeness (QED) is 0.577. The molecule has 7 nitrogen and oxygen atoms in total. The van der Waals surface area contributed by atoms with Crippen LogP contribution in [-0.2, 0) is 14.4 Å². The van der Waals surface area contributed by atoms with E-state index in [1.807, 2.05) is 29.2 Å². The van der Waals surface area contributed by atoms with Crippen LogP contribution in [0.25, 0.3) is 0 Å². The minimum absolute atomic E-state index is 0.0252. The van der Waals surface area contributed by atoms with Crippen LogP contribution in [0.2, 0.25) is 5.02 Å². The summed E-state index contributed by atoms with van der Waals surface area (Å²) in [6, 6.07) is 7.02. The Morgan fingerprint density at radius 3 is 2.41 bits per heavy atom. The number of hydrogen-bond acceptors (Lipinski definition) is 6. The smallest absolute Gasteiger partial charge is 0.305 e. The van der Waals surface area contributed by atoms with Gasteiger partial charge in [0.05, 0.1) is 16.9 Å². The van der Waals surface area contributed by atoms with Crippen LogP contribution < -0.4 is 4.87 Å². The van der Waals surface area contributed by atoms with Gasteiger partial charge < -0.3 is 9.88 Å². The first-order valence-corrected chi connectivity index (χ1v) is 15.2. The molecule has 2 saturated heterocycles. The number of carbonyl (C=O) groups is 3. The molecule has 8 atom stereocenters. The molecule has 2 saturated carbocycles. The largest absolute Gasteiger partial charge is 0.341 e. The highest BCUT2D eigenvalue weighted by atomic mass is 35.5. The summed E-state index contributed by atoms with van der Waals surface area (Å²) in [5.41, 5.74) is 1.09. The van der Waals surface area contributed by atoms with Crippen molar-refractivity contribution in [2.24, 2.45) is 29.6 Å². The maximum atomic E-state index is 13.9.